The summed E-state index contributed by atoms with van der Waals surface area (Å²) in [5, 5.41) is 7.56. The van der Waals surface area contributed by atoms with Crippen molar-refractivity contribution >= 4 is 10.1 Å². The van der Waals surface area contributed by atoms with Crippen LogP contribution in [-0.4, -0.2) is 24.0 Å². The van der Waals surface area contributed by atoms with Gasteiger partial charge in [-0.15, -0.1) is 0 Å². The van der Waals surface area contributed by atoms with Crippen LogP contribution in [0, 0.1) is 7.43 Å². The van der Waals surface area contributed by atoms with Gasteiger partial charge in [-0.3, -0.25) is 4.55 Å². The standard InChI is InChI=1S/CH4O4S.CH3.Na/c2-1-6(3,4)5;;/h2H,1H2,(H,3,4,5);1H3;/q;-1;+1. The van der Waals surface area contributed by atoms with Crippen molar-refractivity contribution in [2.75, 3.05) is 5.94 Å². The van der Waals surface area contributed by atoms with Gasteiger partial charge in [0.15, 0.2) is 5.94 Å². The summed E-state index contributed by atoms with van der Waals surface area (Å²) in [4.78, 5) is 0. The van der Waals surface area contributed by atoms with Crippen molar-refractivity contribution in [3.05, 3.63) is 7.43 Å². The van der Waals surface area contributed by atoms with Crippen LogP contribution in [-0.2, 0) is 10.1 Å². The topological polar surface area (TPSA) is 74.6 Å². The quantitative estimate of drug-likeness (QED) is 0.229. The van der Waals surface area contributed by atoms with Crippen LogP contribution < -0.4 is 29.6 Å². The van der Waals surface area contributed by atoms with E-state index in [-0.39, 0.29) is 37.0 Å². The number of aliphatic hydroxyl groups is 1. The molecule has 0 aromatic rings. The molecule has 4 nitrogen and oxygen atoms in total. The zero-order chi connectivity index (χ0) is 5.21. The van der Waals surface area contributed by atoms with E-state index in [1.807, 2.05) is 0 Å². The SMILES string of the molecule is O=S(=O)(O)CO.[CH3-].[Na+]. The Kier molecular flexibility index (Phi) is 12.0. The molecule has 0 radical (unpaired) electrons. The molecule has 0 aromatic carbocycles. The predicted molar refractivity (Wildman–Crippen MR) is 25.0 cm³/mol. The third-order valence-electron chi connectivity index (χ3n) is 0.163. The zero-order valence-electron chi connectivity index (χ0n) is 4.83. The van der Waals surface area contributed by atoms with Crippen molar-refractivity contribution in [2.24, 2.45) is 0 Å². The molecule has 46 valence electrons. The molecule has 0 unspecified atom stereocenters. The van der Waals surface area contributed by atoms with E-state index in [0.29, 0.717) is 0 Å². The Morgan fingerprint density at radius 3 is 1.50 bits per heavy atom. The first kappa shape index (κ1) is 15.9. The zero-order valence-corrected chi connectivity index (χ0v) is 7.64. The molecule has 8 heavy (non-hydrogen) atoms. The Balaban J connectivity index is -0.000000125. The minimum atomic E-state index is -4.11. The fourth-order valence-corrected chi connectivity index (χ4v) is 0. The summed E-state index contributed by atoms with van der Waals surface area (Å²) in [6.45, 7) is 0. The van der Waals surface area contributed by atoms with Gasteiger partial charge in [-0.25, -0.2) is 0 Å². The molecule has 0 amide bonds. The van der Waals surface area contributed by atoms with Gasteiger partial charge in [-0.1, -0.05) is 0 Å². The van der Waals surface area contributed by atoms with Gasteiger partial charge in [0, 0.05) is 0 Å². The summed E-state index contributed by atoms with van der Waals surface area (Å²) in [6.07, 6.45) is 0. The molecule has 6 heteroatoms. The van der Waals surface area contributed by atoms with E-state index in [2.05, 4.69) is 0 Å². The molecule has 0 saturated carbocycles. The largest absolute Gasteiger partial charge is 1.00 e. The smallest absolute Gasteiger partial charge is 0.378 e. The number of aliphatic hydroxyl groups excluding tert-OH is 1. The van der Waals surface area contributed by atoms with Gasteiger partial charge in [0.25, 0.3) is 10.1 Å². The Hall–Kier alpha value is 0.870. The maximum absolute atomic E-state index is 9.31. The van der Waals surface area contributed by atoms with Crippen molar-refractivity contribution in [3.8, 4) is 0 Å². The van der Waals surface area contributed by atoms with Crippen LogP contribution in [0.2, 0.25) is 0 Å². The number of hydrogen-bond donors (Lipinski definition) is 2. The first-order valence-electron chi connectivity index (χ1n) is 1.12. The fourth-order valence-electron chi connectivity index (χ4n) is 0. The van der Waals surface area contributed by atoms with E-state index in [0.717, 1.165) is 0 Å². The Morgan fingerprint density at radius 1 is 1.38 bits per heavy atom. The summed E-state index contributed by atoms with van der Waals surface area (Å²) >= 11 is 0. The third-order valence-corrected chi connectivity index (χ3v) is 0.489. The summed E-state index contributed by atoms with van der Waals surface area (Å²) in [5.74, 6) is -1.20. The van der Waals surface area contributed by atoms with E-state index >= 15 is 0 Å². The van der Waals surface area contributed by atoms with E-state index in [1.54, 1.807) is 0 Å². The summed E-state index contributed by atoms with van der Waals surface area (Å²) in [5.41, 5.74) is 0. The van der Waals surface area contributed by atoms with Gasteiger partial charge >= 0.3 is 29.6 Å². The molecule has 2 N–H and O–H groups in total. The molecule has 0 aliphatic carbocycles. The summed E-state index contributed by atoms with van der Waals surface area (Å²) < 4.78 is 26.2. The monoisotopic (exact) mass is 150 g/mol. The maximum atomic E-state index is 9.31. The van der Waals surface area contributed by atoms with Crippen LogP contribution in [0.25, 0.3) is 0 Å². The molecule has 0 saturated heterocycles. The average molecular weight is 150 g/mol. The Morgan fingerprint density at radius 2 is 1.50 bits per heavy atom. The average Bonchev–Trinajstić information content (AvgIpc) is 1.35. The second-order valence-electron chi connectivity index (χ2n) is 0.711. The van der Waals surface area contributed by atoms with E-state index in [4.69, 9.17) is 9.66 Å². The molecule has 0 aliphatic heterocycles. The Labute approximate surface area is 70.9 Å². The second-order valence-corrected chi connectivity index (χ2v) is 2.13. The van der Waals surface area contributed by atoms with E-state index in [9.17, 15) is 8.42 Å². The maximum Gasteiger partial charge on any atom is 1.00 e. The van der Waals surface area contributed by atoms with Crippen LogP contribution in [0.15, 0.2) is 0 Å². The van der Waals surface area contributed by atoms with Crippen LogP contribution in [0.3, 0.4) is 0 Å². The van der Waals surface area contributed by atoms with Gasteiger partial charge in [-0.2, -0.15) is 8.42 Å². The first-order valence-corrected chi connectivity index (χ1v) is 2.73. The van der Waals surface area contributed by atoms with Gasteiger partial charge in [0.1, 0.15) is 0 Å². The predicted octanol–water partition coefficient (Wildman–Crippen LogP) is -3.72. The minimum absolute atomic E-state index is 0. The van der Waals surface area contributed by atoms with Gasteiger partial charge in [-0.05, 0) is 0 Å². The van der Waals surface area contributed by atoms with Crippen molar-refractivity contribution < 1.29 is 47.6 Å². The minimum Gasteiger partial charge on any atom is -0.378 e. The molecule has 0 bridgehead atoms. The molecule has 0 rings (SSSR count). The Bertz CT molecular complexity index is 116. The number of hydrogen-bond acceptors (Lipinski definition) is 3. The van der Waals surface area contributed by atoms with Gasteiger partial charge in [0.2, 0.25) is 0 Å². The summed E-state index contributed by atoms with van der Waals surface area (Å²) in [7, 11) is -4.11. The van der Waals surface area contributed by atoms with Crippen molar-refractivity contribution in [1.29, 1.82) is 0 Å². The van der Waals surface area contributed by atoms with Crippen LogP contribution in [0.1, 0.15) is 0 Å². The molecule has 0 aromatic heterocycles. The van der Waals surface area contributed by atoms with Gasteiger partial charge in [0.05, 0.1) is 0 Å². The van der Waals surface area contributed by atoms with Crippen molar-refractivity contribution in [2.45, 2.75) is 0 Å². The molecule has 0 atom stereocenters. The van der Waals surface area contributed by atoms with Crippen molar-refractivity contribution in [3.63, 3.8) is 0 Å². The van der Waals surface area contributed by atoms with E-state index in [1.165, 1.54) is 0 Å². The molecule has 0 fully saturated rings. The van der Waals surface area contributed by atoms with Crippen LogP contribution in [0.4, 0.5) is 0 Å². The molecule has 0 aliphatic rings. The third kappa shape index (κ3) is 15.8. The molecule has 0 heterocycles. The normalized spacial score (nSPS) is 8.75. The van der Waals surface area contributed by atoms with Crippen molar-refractivity contribution in [1.82, 2.24) is 0 Å². The van der Waals surface area contributed by atoms with Crippen LogP contribution in [0.5, 0.6) is 0 Å². The molecular weight excluding hydrogens is 143 g/mol. The van der Waals surface area contributed by atoms with Crippen LogP contribution >= 0.6 is 0 Å². The first-order chi connectivity index (χ1) is 2.56. The summed E-state index contributed by atoms with van der Waals surface area (Å²) in [6, 6.07) is 0. The molecule has 0 spiro atoms. The van der Waals surface area contributed by atoms with E-state index < -0.39 is 16.1 Å². The second kappa shape index (κ2) is 6.00. The fraction of sp³-hybridized carbons (Fsp3) is 0.500. The number of rotatable bonds is 1. The molecular formula is C2H7NaO4S. The van der Waals surface area contributed by atoms with Gasteiger partial charge < -0.3 is 12.5 Å².